The van der Waals surface area contributed by atoms with Crippen LogP contribution < -0.4 is 0 Å². The van der Waals surface area contributed by atoms with E-state index in [4.69, 9.17) is 21.1 Å². The maximum Gasteiger partial charge on any atom is 0.226 e. The number of aliphatic hydroxyl groups excluding tert-OH is 1. The van der Waals surface area contributed by atoms with Gasteiger partial charge in [-0.05, 0) is 31.2 Å². The summed E-state index contributed by atoms with van der Waals surface area (Å²) in [5, 5.41) is 9.55. The van der Waals surface area contributed by atoms with Crippen LogP contribution in [0.2, 0.25) is 5.02 Å². The number of benzene rings is 1. The second kappa shape index (κ2) is 7.43. The van der Waals surface area contributed by atoms with Crippen molar-refractivity contribution >= 4 is 11.6 Å². The van der Waals surface area contributed by atoms with Crippen molar-refractivity contribution in [1.82, 2.24) is 9.88 Å². The molecule has 2 aromatic rings. The van der Waals surface area contributed by atoms with Crippen LogP contribution in [0.5, 0.6) is 0 Å². The van der Waals surface area contributed by atoms with E-state index in [2.05, 4.69) is 16.8 Å². The van der Waals surface area contributed by atoms with Crippen LogP contribution in [0.15, 0.2) is 34.9 Å². The van der Waals surface area contributed by atoms with Crippen LogP contribution in [-0.2, 0) is 6.54 Å². The number of oxazole rings is 1. The van der Waals surface area contributed by atoms with Crippen LogP contribution in [0, 0.1) is 0 Å². The van der Waals surface area contributed by atoms with Gasteiger partial charge in [0.2, 0.25) is 5.89 Å². The molecule has 0 saturated carbocycles. The van der Waals surface area contributed by atoms with Gasteiger partial charge in [-0.1, -0.05) is 24.6 Å². The zero-order valence-corrected chi connectivity index (χ0v) is 12.3. The van der Waals surface area contributed by atoms with Crippen molar-refractivity contribution in [1.29, 1.82) is 0 Å². The molecule has 1 aromatic heterocycles. The molecule has 1 aromatic carbocycles. The monoisotopic (exact) mass is 294 g/mol. The minimum absolute atomic E-state index is 0.211. The van der Waals surface area contributed by atoms with Gasteiger partial charge in [0, 0.05) is 30.3 Å². The van der Waals surface area contributed by atoms with Crippen molar-refractivity contribution < 1.29 is 9.52 Å². The zero-order valence-electron chi connectivity index (χ0n) is 11.6. The summed E-state index contributed by atoms with van der Waals surface area (Å²) in [4.78, 5) is 6.71. The molecule has 0 aliphatic carbocycles. The Morgan fingerprint density at radius 2 is 2.25 bits per heavy atom. The van der Waals surface area contributed by atoms with Gasteiger partial charge in [-0.25, -0.2) is 4.98 Å². The molecule has 0 spiro atoms. The number of aromatic nitrogens is 1. The van der Waals surface area contributed by atoms with Crippen molar-refractivity contribution in [2.24, 2.45) is 0 Å². The molecule has 1 N–H and O–H groups in total. The van der Waals surface area contributed by atoms with Gasteiger partial charge in [0.25, 0.3) is 0 Å². The highest BCUT2D eigenvalue weighted by atomic mass is 35.5. The van der Waals surface area contributed by atoms with Crippen molar-refractivity contribution in [3.8, 4) is 11.5 Å². The third-order valence-electron chi connectivity index (χ3n) is 3.09. The molecule has 0 bridgehead atoms. The van der Waals surface area contributed by atoms with Gasteiger partial charge in [0.15, 0.2) is 0 Å². The molecular formula is C15H19ClN2O2. The van der Waals surface area contributed by atoms with Gasteiger partial charge in [0.1, 0.15) is 6.26 Å². The highest BCUT2D eigenvalue weighted by molar-refractivity contribution is 6.30. The summed E-state index contributed by atoms with van der Waals surface area (Å²) < 4.78 is 5.51. The number of hydrogen-bond acceptors (Lipinski definition) is 4. The lowest BCUT2D eigenvalue weighted by Gasteiger charge is -2.17. The summed E-state index contributed by atoms with van der Waals surface area (Å²) >= 11 is 5.96. The second-order valence-electron chi connectivity index (χ2n) is 4.60. The fourth-order valence-electron chi connectivity index (χ4n) is 2.01. The van der Waals surface area contributed by atoms with E-state index in [0.29, 0.717) is 10.9 Å². The molecule has 5 heteroatoms. The highest BCUT2D eigenvalue weighted by Gasteiger charge is 2.10. The molecule has 0 atom stereocenters. The molecule has 0 unspecified atom stereocenters. The number of hydrogen-bond donors (Lipinski definition) is 1. The van der Waals surface area contributed by atoms with Crippen LogP contribution >= 0.6 is 11.6 Å². The molecule has 1 heterocycles. The van der Waals surface area contributed by atoms with Crippen LogP contribution in [0.4, 0.5) is 0 Å². The van der Waals surface area contributed by atoms with E-state index in [0.717, 1.165) is 37.3 Å². The molecule has 0 aliphatic rings. The first kappa shape index (κ1) is 15.0. The fraction of sp³-hybridized carbons (Fsp3) is 0.400. The van der Waals surface area contributed by atoms with E-state index < -0.39 is 0 Å². The summed E-state index contributed by atoms with van der Waals surface area (Å²) in [5.41, 5.74) is 1.77. The van der Waals surface area contributed by atoms with Gasteiger partial charge >= 0.3 is 0 Å². The molecule has 0 saturated heterocycles. The Morgan fingerprint density at radius 1 is 1.40 bits per heavy atom. The van der Waals surface area contributed by atoms with Gasteiger partial charge < -0.3 is 9.52 Å². The molecule has 0 fully saturated rings. The predicted octanol–water partition coefficient (Wildman–Crippen LogP) is 3.20. The standard InChI is InChI=1S/C15H19ClN2O2/c1-2-18(7-4-8-19)10-14-11-20-15(17-14)12-5-3-6-13(16)9-12/h3,5-6,9,11,19H,2,4,7-8,10H2,1H3. The Hall–Kier alpha value is -1.36. The average molecular weight is 295 g/mol. The van der Waals surface area contributed by atoms with E-state index in [1.807, 2.05) is 24.3 Å². The number of aliphatic hydroxyl groups is 1. The van der Waals surface area contributed by atoms with E-state index >= 15 is 0 Å². The van der Waals surface area contributed by atoms with Crippen molar-refractivity contribution in [3.63, 3.8) is 0 Å². The van der Waals surface area contributed by atoms with Crippen LogP contribution in [0.25, 0.3) is 11.5 Å². The molecule has 108 valence electrons. The van der Waals surface area contributed by atoms with Crippen LogP contribution in [0.3, 0.4) is 0 Å². The normalized spacial score (nSPS) is 11.2. The minimum atomic E-state index is 0.211. The first-order valence-corrected chi connectivity index (χ1v) is 7.14. The van der Waals surface area contributed by atoms with Gasteiger partial charge in [-0.3, -0.25) is 4.90 Å². The summed E-state index contributed by atoms with van der Waals surface area (Å²) in [6.45, 7) is 4.80. The number of halogens is 1. The Balaban J connectivity index is 2.05. The van der Waals surface area contributed by atoms with E-state index in [1.165, 1.54) is 0 Å². The maximum absolute atomic E-state index is 8.88. The molecule has 0 amide bonds. The number of nitrogens with zero attached hydrogens (tertiary/aromatic N) is 2. The Kier molecular flexibility index (Phi) is 5.59. The van der Waals surface area contributed by atoms with Gasteiger partial charge in [-0.2, -0.15) is 0 Å². The smallest absolute Gasteiger partial charge is 0.226 e. The summed E-state index contributed by atoms with van der Waals surface area (Å²) in [6.07, 6.45) is 2.45. The van der Waals surface area contributed by atoms with E-state index in [-0.39, 0.29) is 6.61 Å². The van der Waals surface area contributed by atoms with Crippen LogP contribution in [0.1, 0.15) is 19.0 Å². The van der Waals surface area contributed by atoms with Crippen molar-refractivity contribution in [3.05, 3.63) is 41.2 Å². The topological polar surface area (TPSA) is 49.5 Å². The van der Waals surface area contributed by atoms with Crippen LogP contribution in [-0.4, -0.2) is 34.7 Å². The zero-order chi connectivity index (χ0) is 14.4. The Labute approximate surface area is 124 Å². The molecule has 20 heavy (non-hydrogen) atoms. The minimum Gasteiger partial charge on any atom is -0.444 e. The molecule has 0 radical (unpaired) electrons. The second-order valence-corrected chi connectivity index (χ2v) is 5.04. The van der Waals surface area contributed by atoms with Gasteiger partial charge in [-0.15, -0.1) is 0 Å². The van der Waals surface area contributed by atoms with Crippen molar-refractivity contribution in [2.45, 2.75) is 19.9 Å². The van der Waals surface area contributed by atoms with Gasteiger partial charge in [0.05, 0.1) is 5.69 Å². The van der Waals surface area contributed by atoms with E-state index in [9.17, 15) is 0 Å². The highest BCUT2D eigenvalue weighted by Crippen LogP contribution is 2.22. The predicted molar refractivity (Wildman–Crippen MR) is 79.6 cm³/mol. The molecular weight excluding hydrogens is 276 g/mol. The lowest BCUT2D eigenvalue weighted by atomic mass is 10.2. The lowest BCUT2D eigenvalue weighted by Crippen LogP contribution is -2.24. The average Bonchev–Trinajstić information content (AvgIpc) is 2.92. The first-order chi connectivity index (χ1) is 9.72. The summed E-state index contributed by atoms with van der Waals surface area (Å²) in [5.74, 6) is 0.584. The third kappa shape index (κ3) is 4.07. The molecule has 2 rings (SSSR count). The molecule has 4 nitrogen and oxygen atoms in total. The molecule has 0 aliphatic heterocycles. The summed E-state index contributed by atoms with van der Waals surface area (Å²) in [7, 11) is 0. The van der Waals surface area contributed by atoms with E-state index in [1.54, 1.807) is 6.26 Å². The maximum atomic E-state index is 8.88. The largest absolute Gasteiger partial charge is 0.444 e. The number of rotatable bonds is 7. The lowest BCUT2D eigenvalue weighted by molar-refractivity contribution is 0.224. The first-order valence-electron chi connectivity index (χ1n) is 6.76. The Bertz CT molecular complexity index is 542. The Morgan fingerprint density at radius 3 is 2.95 bits per heavy atom. The summed E-state index contributed by atoms with van der Waals surface area (Å²) in [6, 6.07) is 7.45. The quantitative estimate of drug-likeness (QED) is 0.852. The third-order valence-corrected chi connectivity index (χ3v) is 3.32. The SMILES string of the molecule is CCN(CCCO)Cc1coc(-c2cccc(Cl)c2)n1. The fourth-order valence-corrected chi connectivity index (χ4v) is 2.20. The van der Waals surface area contributed by atoms with Crippen molar-refractivity contribution in [2.75, 3.05) is 19.7 Å².